The first-order valence-corrected chi connectivity index (χ1v) is 3.46. The first-order chi connectivity index (χ1) is 5.36. The van der Waals surface area contributed by atoms with Crippen LogP contribution < -0.4 is 0 Å². The number of hydrogen-bond donors (Lipinski definition) is 0. The van der Waals surface area contributed by atoms with Crippen molar-refractivity contribution in [1.82, 2.24) is 9.97 Å². The smallest absolute Gasteiger partial charge is 0.216 e. The van der Waals surface area contributed by atoms with Crippen molar-refractivity contribution in [3.05, 3.63) is 24.0 Å². The Morgan fingerprint density at radius 1 is 1.64 bits per heavy atom. The zero-order chi connectivity index (χ0) is 7.68. The maximum Gasteiger partial charge on any atom is 0.216 e. The fourth-order valence-corrected chi connectivity index (χ4v) is 0.945. The van der Waals surface area contributed by atoms with Crippen LogP contribution in [0.1, 0.15) is 18.3 Å². The molecule has 0 aromatic carbocycles. The monoisotopic (exact) mass is 154 g/mol. The molecule has 0 saturated carbocycles. The molecule has 2 rings (SSSR count). The first kappa shape index (κ1) is 6.67. The zero-order valence-corrected chi connectivity index (χ0v) is 5.83. The molecule has 1 aromatic heterocycles. The lowest BCUT2D eigenvalue weighted by atomic mass is 10.2. The molecule has 1 atom stereocenters. The molecule has 0 bridgehead atoms. The predicted molar refractivity (Wildman–Crippen MR) is 35.3 cm³/mol. The summed E-state index contributed by atoms with van der Waals surface area (Å²) in [7, 11) is 0. The lowest BCUT2D eigenvalue weighted by Gasteiger charge is -2.24. The van der Waals surface area contributed by atoms with Gasteiger partial charge in [-0.15, -0.1) is 0 Å². The van der Waals surface area contributed by atoms with Crippen LogP contribution in [0.5, 0.6) is 0 Å². The molecular weight excluding hydrogens is 147 g/mol. The van der Waals surface area contributed by atoms with Crippen molar-refractivity contribution in [2.75, 3.05) is 6.61 Å². The van der Waals surface area contributed by atoms with Gasteiger partial charge < -0.3 is 4.74 Å². The lowest BCUT2D eigenvalue weighted by molar-refractivity contribution is -0.0584. The summed E-state index contributed by atoms with van der Waals surface area (Å²) < 4.78 is 17.6. The Morgan fingerprint density at radius 3 is 3.00 bits per heavy atom. The van der Waals surface area contributed by atoms with Gasteiger partial charge in [0.05, 0.1) is 6.61 Å². The molecule has 0 aliphatic carbocycles. The van der Waals surface area contributed by atoms with Crippen molar-refractivity contribution in [3.8, 4) is 0 Å². The molecule has 1 aliphatic heterocycles. The first-order valence-electron chi connectivity index (χ1n) is 3.46. The third kappa shape index (κ3) is 1.21. The van der Waals surface area contributed by atoms with Crippen LogP contribution in [0.4, 0.5) is 4.39 Å². The molecule has 58 valence electrons. The van der Waals surface area contributed by atoms with Crippen LogP contribution >= 0.6 is 0 Å². The van der Waals surface area contributed by atoms with E-state index < -0.39 is 5.95 Å². The van der Waals surface area contributed by atoms with Gasteiger partial charge in [-0.1, -0.05) is 0 Å². The second-order valence-electron chi connectivity index (χ2n) is 2.39. The van der Waals surface area contributed by atoms with E-state index in [1.165, 1.54) is 12.3 Å². The summed E-state index contributed by atoms with van der Waals surface area (Å²) in [5.41, 5.74) is 0. The summed E-state index contributed by atoms with van der Waals surface area (Å²) in [6.45, 7) is 0.727. The predicted octanol–water partition coefficient (Wildman–Crippen LogP) is 1.08. The number of aromatic nitrogens is 2. The Morgan fingerprint density at radius 2 is 2.45 bits per heavy atom. The van der Waals surface area contributed by atoms with E-state index in [1.54, 1.807) is 0 Å². The maximum atomic E-state index is 12.5. The summed E-state index contributed by atoms with van der Waals surface area (Å²) in [5, 5.41) is 0. The molecule has 1 aliphatic rings. The number of nitrogens with zero attached hydrogens (tertiary/aromatic N) is 2. The van der Waals surface area contributed by atoms with E-state index in [0.29, 0.717) is 5.82 Å². The molecule has 3 nitrogen and oxygen atoms in total. The highest BCUT2D eigenvalue weighted by molar-refractivity contribution is 4.96. The summed E-state index contributed by atoms with van der Waals surface area (Å²) in [5.74, 6) is -0.0400. The van der Waals surface area contributed by atoms with E-state index in [-0.39, 0.29) is 6.10 Å². The maximum absolute atomic E-state index is 12.5. The quantitative estimate of drug-likeness (QED) is 0.567. The van der Waals surface area contributed by atoms with Gasteiger partial charge in [0.15, 0.2) is 5.82 Å². The third-order valence-electron chi connectivity index (χ3n) is 1.63. The summed E-state index contributed by atoms with van der Waals surface area (Å²) in [6, 6.07) is 1.22. The van der Waals surface area contributed by atoms with Gasteiger partial charge in [0, 0.05) is 18.7 Å². The zero-order valence-electron chi connectivity index (χ0n) is 5.83. The van der Waals surface area contributed by atoms with E-state index in [4.69, 9.17) is 4.74 Å². The van der Waals surface area contributed by atoms with Gasteiger partial charge >= 0.3 is 0 Å². The lowest BCUT2D eigenvalue weighted by Crippen LogP contribution is -2.20. The van der Waals surface area contributed by atoms with Crippen molar-refractivity contribution in [1.29, 1.82) is 0 Å². The van der Waals surface area contributed by atoms with Crippen LogP contribution in [0.2, 0.25) is 0 Å². The van der Waals surface area contributed by atoms with Crippen molar-refractivity contribution in [2.24, 2.45) is 0 Å². The second kappa shape index (κ2) is 2.54. The summed E-state index contributed by atoms with van der Waals surface area (Å²) in [6.07, 6.45) is 2.22. The van der Waals surface area contributed by atoms with Crippen LogP contribution in [-0.2, 0) is 4.74 Å². The van der Waals surface area contributed by atoms with Crippen LogP contribution in [0.25, 0.3) is 0 Å². The molecule has 1 unspecified atom stereocenters. The van der Waals surface area contributed by atoms with Gasteiger partial charge in [0.1, 0.15) is 6.10 Å². The van der Waals surface area contributed by atoms with Crippen LogP contribution in [-0.4, -0.2) is 16.6 Å². The highest BCUT2D eigenvalue weighted by Gasteiger charge is 2.22. The van der Waals surface area contributed by atoms with E-state index in [1.807, 2.05) is 0 Å². The number of hydrogen-bond acceptors (Lipinski definition) is 3. The van der Waals surface area contributed by atoms with Crippen LogP contribution in [0.3, 0.4) is 0 Å². The molecule has 0 radical (unpaired) electrons. The number of rotatable bonds is 1. The Kier molecular flexibility index (Phi) is 1.54. The van der Waals surface area contributed by atoms with E-state index >= 15 is 0 Å². The van der Waals surface area contributed by atoms with Gasteiger partial charge in [0.2, 0.25) is 5.95 Å². The molecule has 0 amide bonds. The largest absolute Gasteiger partial charge is 0.370 e. The molecule has 1 fully saturated rings. The van der Waals surface area contributed by atoms with Crippen molar-refractivity contribution < 1.29 is 9.13 Å². The standard InChI is InChI=1S/C7H7FN2O/c8-6-1-3-9-7(10-6)5-2-4-11-5/h1,3,5H,2,4H2. The molecule has 11 heavy (non-hydrogen) atoms. The van der Waals surface area contributed by atoms with Crippen molar-refractivity contribution in [2.45, 2.75) is 12.5 Å². The van der Waals surface area contributed by atoms with Crippen molar-refractivity contribution in [3.63, 3.8) is 0 Å². The van der Waals surface area contributed by atoms with Crippen LogP contribution in [0.15, 0.2) is 12.3 Å². The van der Waals surface area contributed by atoms with Crippen LogP contribution in [0, 0.1) is 5.95 Å². The number of halogens is 1. The normalized spacial score (nSPS) is 22.8. The highest BCUT2D eigenvalue weighted by atomic mass is 19.1. The van der Waals surface area contributed by atoms with E-state index in [9.17, 15) is 4.39 Å². The highest BCUT2D eigenvalue weighted by Crippen LogP contribution is 2.25. The minimum atomic E-state index is -0.495. The molecule has 0 N–H and O–H groups in total. The summed E-state index contributed by atoms with van der Waals surface area (Å²) in [4.78, 5) is 7.48. The Balaban J connectivity index is 2.23. The van der Waals surface area contributed by atoms with E-state index in [0.717, 1.165) is 13.0 Å². The molecule has 2 heterocycles. The summed E-state index contributed by atoms with van der Waals surface area (Å²) >= 11 is 0. The Hall–Kier alpha value is -1.03. The topological polar surface area (TPSA) is 35.0 Å². The minimum absolute atomic E-state index is 0.0781. The average Bonchev–Trinajstić information content (AvgIpc) is 1.83. The van der Waals surface area contributed by atoms with Gasteiger partial charge in [-0.2, -0.15) is 4.39 Å². The fraction of sp³-hybridized carbons (Fsp3) is 0.429. The molecular formula is C7H7FN2O. The van der Waals surface area contributed by atoms with Gasteiger partial charge in [-0.3, -0.25) is 0 Å². The number of ether oxygens (including phenoxy) is 1. The minimum Gasteiger partial charge on any atom is -0.370 e. The second-order valence-corrected chi connectivity index (χ2v) is 2.39. The van der Waals surface area contributed by atoms with E-state index in [2.05, 4.69) is 9.97 Å². The van der Waals surface area contributed by atoms with Gasteiger partial charge in [-0.05, 0) is 0 Å². The van der Waals surface area contributed by atoms with Gasteiger partial charge in [-0.25, -0.2) is 9.97 Å². The third-order valence-corrected chi connectivity index (χ3v) is 1.63. The fourth-order valence-electron chi connectivity index (χ4n) is 0.945. The Labute approximate surface area is 63.2 Å². The molecule has 0 spiro atoms. The molecule has 4 heteroatoms. The average molecular weight is 154 g/mol. The van der Waals surface area contributed by atoms with Crippen molar-refractivity contribution >= 4 is 0 Å². The Bertz CT molecular complexity index is 262. The van der Waals surface area contributed by atoms with Gasteiger partial charge in [0.25, 0.3) is 0 Å². The molecule has 1 saturated heterocycles. The SMILES string of the molecule is Fc1ccnc(C2CCO2)n1. The molecule has 1 aromatic rings.